The van der Waals surface area contributed by atoms with Crippen molar-refractivity contribution in [3.05, 3.63) is 29.3 Å². The normalized spacial score (nSPS) is 24.5. The molecule has 0 aromatic heterocycles. The van der Waals surface area contributed by atoms with Crippen molar-refractivity contribution in [2.24, 2.45) is 10.9 Å². The van der Waals surface area contributed by atoms with Gasteiger partial charge in [0, 0.05) is 38.9 Å². The van der Waals surface area contributed by atoms with E-state index in [1.54, 1.807) is 0 Å². The van der Waals surface area contributed by atoms with Gasteiger partial charge in [0.2, 0.25) is 0 Å². The molecule has 2 atom stereocenters. The SMILES string of the molecule is CN=C(NCc1ccc2c(c1)CCCN2C)NC1CC1C. The highest BCUT2D eigenvalue weighted by Crippen LogP contribution is 2.29. The number of rotatable bonds is 3. The van der Waals surface area contributed by atoms with Crippen molar-refractivity contribution in [2.45, 2.75) is 38.8 Å². The van der Waals surface area contributed by atoms with Gasteiger partial charge in [0.1, 0.15) is 0 Å². The van der Waals surface area contributed by atoms with Crippen molar-refractivity contribution >= 4 is 11.6 Å². The maximum absolute atomic E-state index is 4.30. The van der Waals surface area contributed by atoms with Crippen LogP contribution >= 0.6 is 0 Å². The van der Waals surface area contributed by atoms with Gasteiger partial charge < -0.3 is 15.5 Å². The first kappa shape index (κ1) is 14.2. The Bertz CT molecular complexity index is 538. The van der Waals surface area contributed by atoms with E-state index < -0.39 is 0 Å². The number of aliphatic imine (C=N–C) groups is 1. The molecule has 1 aliphatic carbocycles. The summed E-state index contributed by atoms with van der Waals surface area (Å²) < 4.78 is 0. The fourth-order valence-corrected chi connectivity index (χ4v) is 3.03. The van der Waals surface area contributed by atoms with Crippen LogP contribution in [0.2, 0.25) is 0 Å². The minimum absolute atomic E-state index is 0.605. The zero-order valence-electron chi connectivity index (χ0n) is 13.3. The molecule has 0 amide bonds. The number of nitrogens with one attached hydrogen (secondary N) is 2. The zero-order valence-corrected chi connectivity index (χ0v) is 13.3. The number of benzene rings is 1. The third-order valence-electron chi connectivity index (χ3n) is 4.61. The summed E-state index contributed by atoms with van der Waals surface area (Å²) in [6.07, 6.45) is 3.70. The van der Waals surface area contributed by atoms with E-state index in [1.165, 1.54) is 42.6 Å². The second kappa shape index (κ2) is 5.96. The summed E-state index contributed by atoms with van der Waals surface area (Å²) in [5, 5.41) is 6.88. The number of hydrogen-bond donors (Lipinski definition) is 2. The summed E-state index contributed by atoms with van der Waals surface area (Å²) >= 11 is 0. The third-order valence-corrected chi connectivity index (χ3v) is 4.61. The molecule has 21 heavy (non-hydrogen) atoms. The molecule has 1 fully saturated rings. The van der Waals surface area contributed by atoms with Crippen molar-refractivity contribution in [1.82, 2.24) is 10.6 Å². The van der Waals surface area contributed by atoms with Crippen LogP contribution in [0.4, 0.5) is 5.69 Å². The Balaban J connectivity index is 1.60. The van der Waals surface area contributed by atoms with E-state index >= 15 is 0 Å². The lowest BCUT2D eigenvalue weighted by atomic mass is 9.99. The minimum Gasteiger partial charge on any atom is -0.374 e. The van der Waals surface area contributed by atoms with Crippen molar-refractivity contribution in [3.63, 3.8) is 0 Å². The maximum Gasteiger partial charge on any atom is 0.191 e. The van der Waals surface area contributed by atoms with Crippen LogP contribution in [-0.2, 0) is 13.0 Å². The average molecular weight is 286 g/mol. The zero-order chi connectivity index (χ0) is 14.8. The van der Waals surface area contributed by atoms with Crippen molar-refractivity contribution in [1.29, 1.82) is 0 Å². The molecule has 0 saturated heterocycles. The Labute approximate surface area is 127 Å². The molecular formula is C17H26N4. The number of guanidine groups is 1. The van der Waals surface area contributed by atoms with Crippen LogP contribution in [-0.4, -0.2) is 32.6 Å². The molecule has 2 N–H and O–H groups in total. The lowest BCUT2D eigenvalue weighted by Gasteiger charge is -2.28. The van der Waals surface area contributed by atoms with Gasteiger partial charge in [-0.25, -0.2) is 0 Å². The highest BCUT2D eigenvalue weighted by atomic mass is 15.2. The highest BCUT2D eigenvalue weighted by molar-refractivity contribution is 5.80. The molecule has 4 heteroatoms. The smallest absolute Gasteiger partial charge is 0.191 e. The van der Waals surface area contributed by atoms with Gasteiger partial charge >= 0.3 is 0 Å². The quantitative estimate of drug-likeness (QED) is 0.660. The predicted molar refractivity (Wildman–Crippen MR) is 88.9 cm³/mol. The fraction of sp³-hybridized carbons (Fsp3) is 0.588. The molecule has 2 aliphatic rings. The lowest BCUT2D eigenvalue weighted by molar-refractivity contribution is 0.738. The molecule has 0 bridgehead atoms. The fourth-order valence-electron chi connectivity index (χ4n) is 3.03. The van der Waals surface area contributed by atoms with Crippen LogP contribution in [0.1, 0.15) is 30.9 Å². The van der Waals surface area contributed by atoms with E-state index in [2.05, 4.69) is 52.7 Å². The van der Waals surface area contributed by atoms with E-state index in [1.807, 2.05) is 7.05 Å². The number of fused-ring (bicyclic) bond motifs is 1. The van der Waals surface area contributed by atoms with Gasteiger partial charge in [0.25, 0.3) is 0 Å². The third kappa shape index (κ3) is 3.31. The highest BCUT2D eigenvalue weighted by Gasteiger charge is 2.33. The second-order valence-corrected chi connectivity index (χ2v) is 6.38. The first-order chi connectivity index (χ1) is 10.2. The molecular weight excluding hydrogens is 260 g/mol. The van der Waals surface area contributed by atoms with Gasteiger partial charge in [-0.05, 0) is 42.4 Å². The standard InChI is InChI=1S/C17H26N4/c1-12-9-15(12)20-17(18-2)19-11-13-6-7-16-14(10-13)5-4-8-21(16)3/h6-7,10,12,15H,4-5,8-9,11H2,1-3H3,(H2,18,19,20). The number of aryl methyl sites for hydroxylation is 1. The molecule has 1 aliphatic heterocycles. The Morgan fingerprint density at radius 3 is 2.95 bits per heavy atom. The maximum atomic E-state index is 4.30. The molecule has 1 saturated carbocycles. The van der Waals surface area contributed by atoms with Crippen molar-refractivity contribution in [2.75, 3.05) is 25.5 Å². The van der Waals surface area contributed by atoms with Crippen LogP contribution in [0.5, 0.6) is 0 Å². The van der Waals surface area contributed by atoms with Crippen LogP contribution in [0.3, 0.4) is 0 Å². The Kier molecular flexibility index (Phi) is 4.04. The second-order valence-electron chi connectivity index (χ2n) is 6.38. The van der Waals surface area contributed by atoms with Gasteiger partial charge in [0.05, 0.1) is 0 Å². The summed E-state index contributed by atoms with van der Waals surface area (Å²) in [7, 11) is 4.02. The van der Waals surface area contributed by atoms with Gasteiger partial charge in [0.15, 0.2) is 5.96 Å². The monoisotopic (exact) mass is 286 g/mol. The topological polar surface area (TPSA) is 39.7 Å². The van der Waals surface area contributed by atoms with Crippen LogP contribution < -0.4 is 15.5 Å². The van der Waals surface area contributed by atoms with E-state index in [0.717, 1.165) is 18.4 Å². The summed E-state index contributed by atoms with van der Waals surface area (Å²) in [5.74, 6) is 1.70. The molecule has 0 spiro atoms. The molecule has 1 heterocycles. The van der Waals surface area contributed by atoms with Crippen LogP contribution in [0, 0.1) is 5.92 Å². The Hall–Kier alpha value is -1.71. The van der Waals surface area contributed by atoms with Gasteiger partial charge in [-0.3, -0.25) is 4.99 Å². The van der Waals surface area contributed by atoms with Crippen molar-refractivity contribution < 1.29 is 0 Å². The number of anilines is 1. The van der Waals surface area contributed by atoms with Gasteiger partial charge in [-0.15, -0.1) is 0 Å². The number of nitrogens with zero attached hydrogens (tertiary/aromatic N) is 2. The Morgan fingerprint density at radius 2 is 2.24 bits per heavy atom. The van der Waals surface area contributed by atoms with Crippen LogP contribution in [0.15, 0.2) is 23.2 Å². The molecule has 114 valence electrons. The van der Waals surface area contributed by atoms with E-state index in [9.17, 15) is 0 Å². The molecule has 3 rings (SSSR count). The molecule has 0 radical (unpaired) electrons. The first-order valence-corrected chi connectivity index (χ1v) is 7.97. The molecule has 4 nitrogen and oxygen atoms in total. The van der Waals surface area contributed by atoms with Gasteiger partial charge in [-0.2, -0.15) is 0 Å². The summed E-state index contributed by atoms with van der Waals surface area (Å²) in [6, 6.07) is 7.42. The number of hydrogen-bond acceptors (Lipinski definition) is 2. The van der Waals surface area contributed by atoms with E-state index in [4.69, 9.17) is 0 Å². The van der Waals surface area contributed by atoms with Crippen molar-refractivity contribution in [3.8, 4) is 0 Å². The lowest BCUT2D eigenvalue weighted by Crippen LogP contribution is -2.38. The largest absolute Gasteiger partial charge is 0.374 e. The predicted octanol–water partition coefficient (Wildman–Crippen LogP) is 2.14. The molecule has 2 unspecified atom stereocenters. The first-order valence-electron chi connectivity index (χ1n) is 7.97. The van der Waals surface area contributed by atoms with Gasteiger partial charge in [-0.1, -0.05) is 19.1 Å². The van der Waals surface area contributed by atoms with Crippen LogP contribution in [0.25, 0.3) is 0 Å². The Morgan fingerprint density at radius 1 is 1.43 bits per heavy atom. The summed E-state index contributed by atoms with van der Waals surface area (Å²) in [6.45, 7) is 4.27. The average Bonchev–Trinajstić information content (AvgIpc) is 3.18. The molecule has 1 aromatic rings. The molecule has 1 aromatic carbocycles. The summed E-state index contributed by atoms with van der Waals surface area (Å²) in [4.78, 5) is 6.66. The van der Waals surface area contributed by atoms with E-state index in [-0.39, 0.29) is 0 Å². The minimum atomic E-state index is 0.605. The summed E-state index contributed by atoms with van der Waals surface area (Å²) in [5.41, 5.74) is 4.19. The van der Waals surface area contributed by atoms with E-state index in [0.29, 0.717) is 6.04 Å².